The van der Waals surface area contributed by atoms with Crippen LogP contribution < -0.4 is 4.74 Å². The van der Waals surface area contributed by atoms with Crippen LogP contribution in [0.5, 0.6) is 5.75 Å². The Bertz CT molecular complexity index is 927. The van der Waals surface area contributed by atoms with Crippen LogP contribution in [0.3, 0.4) is 0 Å². The molecule has 0 unspecified atom stereocenters. The quantitative estimate of drug-likeness (QED) is 0.269. The third-order valence-electron chi connectivity index (χ3n) is 4.54. The average molecular weight is 519 g/mol. The van der Waals surface area contributed by atoms with Gasteiger partial charge in [0.05, 0.1) is 25.8 Å². The fourth-order valence-electron chi connectivity index (χ4n) is 2.99. The van der Waals surface area contributed by atoms with E-state index in [-0.39, 0.29) is 0 Å². The highest BCUT2D eigenvalue weighted by atomic mass is 79.9. The van der Waals surface area contributed by atoms with Crippen molar-refractivity contribution in [2.75, 3.05) is 6.61 Å². The Hall–Kier alpha value is -1.61. The minimum atomic E-state index is 0.680. The predicted octanol–water partition coefficient (Wildman–Crippen LogP) is 7.99. The SMILES string of the molecule is N#Cc1ccc(-c2ccc(OCCCCCCc3cc(Br)sc3Br)cc2)cc1. The molecule has 0 fully saturated rings. The van der Waals surface area contributed by atoms with Gasteiger partial charge >= 0.3 is 0 Å². The van der Waals surface area contributed by atoms with E-state index in [0.717, 1.165) is 36.3 Å². The molecule has 3 rings (SSSR count). The van der Waals surface area contributed by atoms with Gasteiger partial charge in [-0.25, -0.2) is 0 Å². The predicted molar refractivity (Wildman–Crippen MR) is 124 cm³/mol. The summed E-state index contributed by atoms with van der Waals surface area (Å²) in [5, 5.41) is 8.88. The van der Waals surface area contributed by atoms with Crippen molar-refractivity contribution < 1.29 is 4.74 Å². The molecule has 0 saturated carbocycles. The number of nitriles is 1. The summed E-state index contributed by atoms with van der Waals surface area (Å²) in [7, 11) is 0. The third kappa shape index (κ3) is 6.20. The van der Waals surface area contributed by atoms with Crippen molar-refractivity contribution in [1.29, 1.82) is 5.26 Å². The van der Waals surface area contributed by atoms with Crippen LogP contribution in [0.25, 0.3) is 11.1 Å². The Morgan fingerprint density at radius 1 is 0.857 bits per heavy atom. The number of unbranched alkanes of at least 4 members (excludes halogenated alkanes) is 3. The van der Waals surface area contributed by atoms with Gasteiger partial charge in [-0.15, -0.1) is 11.3 Å². The number of ether oxygens (including phenoxy) is 1. The van der Waals surface area contributed by atoms with E-state index in [0.29, 0.717) is 5.56 Å². The van der Waals surface area contributed by atoms with Gasteiger partial charge in [-0.3, -0.25) is 0 Å². The summed E-state index contributed by atoms with van der Waals surface area (Å²) in [6.45, 7) is 0.754. The molecule has 3 aromatic rings. The topological polar surface area (TPSA) is 33.0 Å². The lowest BCUT2D eigenvalue weighted by Gasteiger charge is -2.08. The minimum absolute atomic E-state index is 0.680. The lowest BCUT2D eigenvalue weighted by atomic mass is 10.0. The molecule has 0 aliphatic rings. The Labute approximate surface area is 187 Å². The molecule has 144 valence electrons. The first-order valence-corrected chi connectivity index (χ1v) is 11.7. The van der Waals surface area contributed by atoms with Gasteiger partial charge in [-0.2, -0.15) is 5.26 Å². The Morgan fingerprint density at radius 3 is 2.11 bits per heavy atom. The molecule has 1 aromatic heterocycles. The van der Waals surface area contributed by atoms with Crippen LogP contribution in [0.1, 0.15) is 36.8 Å². The molecule has 1 heterocycles. The summed E-state index contributed by atoms with van der Waals surface area (Å²) in [6, 6.07) is 20.1. The second-order valence-corrected chi connectivity index (χ2v) is 10.3. The van der Waals surface area contributed by atoms with Crippen molar-refractivity contribution in [3.63, 3.8) is 0 Å². The van der Waals surface area contributed by atoms with Crippen LogP contribution in [0.4, 0.5) is 0 Å². The highest BCUT2D eigenvalue weighted by Gasteiger charge is 2.04. The second-order valence-electron chi connectivity index (χ2n) is 6.58. The number of thiophene rings is 1. The van der Waals surface area contributed by atoms with Crippen molar-refractivity contribution in [2.45, 2.75) is 32.1 Å². The van der Waals surface area contributed by atoms with E-state index in [1.807, 2.05) is 36.4 Å². The zero-order chi connectivity index (χ0) is 19.8. The minimum Gasteiger partial charge on any atom is -0.494 e. The smallest absolute Gasteiger partial charge is 0.119 e. The number of halogens is 2. The van der Waals surface area contributed by atoms with Crippen molar-refractivity contribution >= 4 is 43.2 Å². The summed E-state index contributed by atoms with van der Waals surface area (Å²) in [5.74, 6) is 0.907. The number of hydrogen-bond acceptors (Lipinski definition) is 3. The number of hydrogen-bond donors (Lipinski definition) is 0. The molecule has 0 amide bonds. The maximum absolute atomic E-state index is 8.88. The van der Waals surface area contributed by atoms with Gasteiger partial charge in [0, 0.05) is 0 Å². The highest BCUT2D eigenvalue weighted by molar-refractivity contribution is 9.12. The molecule has 28 heavy (non-hydrogen) atoms. The molecule has 0 aliphatic heterocycles. The van der Waals surface area contributed by atoms with Crippen LogP contribution >= 0.6 is 43.2 Å². The maximum Gasteiger partial charge on any atom is 0.119 e. The molecule has 0 saturated heterocycles. The molecule has 0 atom stereocenters. The van der Waals surface area contributed by atoms with Crippen LogP contribution in [0, 0.1) is 11.3 Å². The van der Waals surface area contributed by atoms with Crippen LogP contribution in [0.2, 0.25) is 0 Å². The molecular formula is C23H21Br2NOS. The standard InChI is InChI=1S/C23H21Br2NOS/c24-22-15-20(23(25)28-22)5-3-1-2-4-14-27-21-12-10-19(11-13-21)18-8-6-17(16-26)7-9-18/h6-13,15H,1-5,14H2. The van der Waals surface area contributed by atoms with E-state index in [4.69, 9.17) is 10.00 Å². The van der Waals surface area contributed by atoms with E-state index < -0.39 is 0 Å². The largest absolute Gasteiger partial charge is 0.494 e. The van der Waals surface area contributed by atoms with Crippen molar-refractivity contribution in [3.8, 4) is 22.9 Å². The number of rotatable bonds is 9. The molecule has 0 aliphatic carbocycles. The highest BCUT2D eigenvalue weighted by Crippen LogP contribution is 2.32. The van der Waals surface area contributed by atoms with Gasteiger partial charge in [0.15, 0.2) is 0 Å². The van der Waals surface area contributed by atoms with Crippen molar-refractivity contribution in [3.05, 3.63) is 73.3 Å². The van der Waals surface area contributed by atoms with Crippen LogP contribution in [0.15, 0.2) is 62.2 Å². The van der Waals surface area contributed by atoms with E-state index in [9.17, 15) is 0 Å². The van der Waals surface area contributed by atoms with Crippen LogP contribution in [-0.4, -0.2) is 6.61 Å². The maximum atomic E-state index is 8.88. The molecule has 0 spiro atoms. The first-order chi connectivity index (χ1) is 13.7. The summed E-state index contributed by atoms with van der Waals surface area (Å²) in [5.41, 5.74) is 4.31. The van der Waals surface area contributed by atoms with Gasteiger partial charge in [0.25, 0.3) is 0 Å². The summed E-state index contributed by atoms with van der Waals surface area (Å²) in [4.78, 5) is 0. The second kappa shape index (κ2) is 10.8. The van der Waals surface area contributed by atoms with Crippen LogP contribution in [-0.2, 0) is 6.42 Å². The van der Waals surface area contributed by atoms with Gasteiger partial charge < -0.3 is 4.74 Å². The molecule has 5 heteroatoms. The van der Waals surface area contributed by atoms with E-state index >= 15 is 0 Å². The first-order valence-electron chi connectivity index (χ1n) is 9.33. The van der Waals surface area contributed by atoms with Gasteiger partial charge in [-0.05, 0) is 98.1 Å². The van der Waals surface area contributed by atoms with E-state index in [1.54, 1.807) is 11.3 Å². The summed E-state index contributed by atoms with van der Waals surface area (Å²) < 4.78 is 8.30. The van der Waals surface area contributed by atoms with Gasteiger partial charge in [0.1, 0.15) is 5.75 Å². The molecule has 0 N–H and O–H groups in total. The summed E-state index contributed by atoms with van der Waals surface area (Å²) >= 11 is 8.89. The Morgan fingerprint density at radius 2 is 1.50 bits per heavy atom. The number of aryl methyl sites for hydroxylation is 1. The molecule has 2 nitrogen and oxygen atoms in total. The number of nitrogens with zero attached hydrogens (tertiary/aromatic N) is 1. The zero-order valence-electron chi connectivity index (χ0n) is 15.5. The summed E-state index contributed by atoms with van der Waals surface area (Å²) in [6.07, 6.45) is 5.82. The fourth-order valence-corrected chi connectivity index (χ4v) is 5.90. The number of benzene rings is 2. The third-order valence-corrected chi connectivity index (χ3v) is 7.00. The molecular weight excluding hydrogens is 498 g/mol. The first kappa shape index (κ1) is 21.1. The van der Waals surface area contributed by atoms with E-state index in [2.05, 4.69) is 56.1 Å². The molecule has 0 bridgehead atoms. The molecule has 2 aromatic carbocycles. The van der Waals surface area contributed by atoms with Crippen molar-refractivity contribution in [2.24, 2.45) is 0 Å². The lowest BCUT2D eigenvalue weighted by molar-refractivity contribution is 0.304. The van der Waals surface area contributed by atoms with Crippen molar-refractivity contribution in [1.82, 2.24) is 0 Å². The average Bonchev–Trinajstić information content (AvgIpc) is 3.05. The monoisotopic (exact) mass is 517 g/mol. The lowest BCUT2D eigenvalue weighted by Crippen LogP contribution is -1.97. The normalized spacial score (nSPS) is 10.6. The fraction of sp³-hybridized carbons (Fsp3) is 0.261. The van der Waals surface area contributed by atoms with Gasteiger partial charge in [-0.1, -0.05) is 37.1 Å². The van der Waals surface area contributed by atoms with E-state index in [1.165, 1.54) is 32.4 Å². The van der Waals surface area contributed by atoms with Gasteiger partial charge in [0.2, 0.25) is 0 Å². The Balaban J connectivity index is 1.35. The Kier molecular flexibility index (Phi) is 8.14. The molecule has 0 radical (unpaired) electrons. The zero-order valence-corrected chi connectivity index (χ0v) is 19.4.